The largest absolute Gasteiger partial charge is 0.393 e. The Hall–Kier alpha value is -0.410. The minimum Gasteiger partial charge on any atom is -0.393 e. The number of aliphatic hydroxyl groups is 1. The Balaban J connectivity index is 2.56. The zero-order valence-corrected chi connectivity index (χ0v) is 10.4. The zero-order chi connectivity index (χ0) is 11.3. The molecule has 0 saturated heterocycles. The predicted octanol–water partition coefficient (Wildman–Crippen LogP) is 3.68. The third-order valence-electron chi connectivity index (χ3n) is 2.36. The van der Waals surface area contributed by atoms with Crippen LogP contribution in [-0.4, -0.2) is 11.2 Å². The second kappa shape index (κ2) is 6.23. The van der Waals surface area contributed by atoms with Gasteiger partial charge in [0.15, 0.2) is 0 Å². The van der Waals surface area contributed by atoms with E-state index in [-0.39, 0.29) is 11.9 Å². The van der Waals surface area contributed by atoms with Crippen molar-refractivity contribution < 1.29 is 9.50 Å². The van der Waals surface area contributed by atoms with E-state index < -0.39 is 0 Å². The molecule has 1 aromatic rings. The van der Waals surface area contributed by atoms with E-state index in [4.69, 9.17) is 0 Å². The number of hydrogen-bond acceptors (Lipinski definition) is 1. The number of rotatable bonds is 5. The van der Waals surface area contributed by atoms with Crippen LogP contribution in [0.15, 0.2) is 22.7 Å². The summed E-state index contributed by atoms with van der Waals surface area (Å²) in [6.45, 7) is 2.10. The number of hydrogen-bond donors (Lipinski definition) is 1. The van der Waals surface area contributed by atoms with Crippen molar-refractivity contribution in [2.45, 2.75) is 38.7 Å². The van der Waals surface area contributed by atoms with Gasteiger partial charge in [0, 0.05) is 4.47 Å². The second-order valence-electron chi connectivity index (χ2n) is 3.74. The molecule has 0 radical (unpaired) electrons. The Morgan fingerprint density at radius 2 is 2.20 bits per heavy atom. The van der Waals surface area contributed by atoms with E-state index in [0.717, 1.165) is 29.3 Å². The van der Waals surface area contributed by atoms with Crippen LogP contribution in [0.4, 0.5) is 4.39 Å². The molecule has 3 heteroatoms. The van der Waals surface area contributed by atoms with Crippen molar-refractivity contribution in [2.75, 3.05) is 0 Å². The summed E-state index contributed by atoms with van der Waals surface area (Å²) < 4.78 is 13.5. The molecule has 1 unspecified atom stereocenters. The highest BCUT2D eigenvalue weighted by Gasteiger charge is 2.08. The fourth-order valence-corrected chi connectivity index (χ4v) is 2.00. The first-order valence-corrected chi connectivity index (χ1v) is 6.04. The molecule has 0 heterocycles. The van der Waals surface area contributed by atoms with E-state index >= 15 is 0 Å². The molecule has 0 saturated carbocycles. The molecule has 0 fully saturated rings. The van der Waals surface area contributed by atoms with Crippen LogP contribution in [0.1, 0.15) is 31.7 Å². The van der Waals surface area contributed by atoms with E-state index in [1.807, 2.05) is 0 Å². The highest BCUT2D eigenvalue weighted by Crippen LogP contribution is 2.20. The maximum absolute atomic E-state index is 12.8. The molecule has 1 atom stereocenters. The maximum Gasteiger partial charge on any atom is 0.124 e. The summed E-state index contributed by atoms with van der Waals surface area (Å²) in [6.07, 6.45) is 3.18. The van der Waals surface area contributed by atoms with Gasteiger partial charge in [-0.1, -0.05) is 41.8 Å². The van der Waals surface area contributed by atoms with Crippen LogP contribution in [0.25, 0.3) is 0 Å². The molecular formula is C12H16BrFO. The van der Waals surface area contributed by atoms with Crippen molar-refractivity contribution in [1.82, 2.24) is 0 Å². The van der Waals surface area contributed by atoms with Crippen molar-refractivity contribution in [1.29, 1.82) is 0 Å². The highest BCUT2D eigenvalue weighted by molar-refractivity contribution is 9.10. The summed E-state index contributed by atoms with van der Waals surface area (Å²) in [7, 11) is 0. The Morgan fingerprint density at radius 3 is 2.80 bits per heavy atom. The van der Waals surface area contributed by atoms with Crippen LogP contribution in [0.5, 0.6) is 0 Å². The van der Waals surface area contributed by atoms with E-state index in [0.29, 0.717) is 6.42 Å². The number of halogens is 2. The van der Waals surface area contributed by atoms with Gasteiger partial charge < -0.3 is 5.11 Å². The third-order valence-corrected chi connectivity index (χ3v) is 3.10. The van der Waals surface area contributed by atoms with Crippen LogP contribution < -0.4 is 0 Å². The lowest BCUT2D eigenvalue weighted by Gasteiger charge is -2.11. The second-order valence-corrected chi connectivity index (χ2v) is 4.59. The van der Waals surface area contributed by atoms with Gasteiger partial charge in [-0.3, -0.25) is 0 Å². The van der Waals surface area contributed by atoms with Crippen molar-refractivity contribution in [3.05, 3.63) is 34.1 Å². The number of benzene rings is 1. The lowest BCUT2D eigenvalue weighted by Crippen LogP contribution is -2.10. The molecule has 84 valence electrons. The maximum atomic E-state index is 12.8. The van der Waals surface area contributed by atoms with E-state index in [2.05, 4.69) is 22.9 Å². The van der Waals surface area contributed by atoms with E-state index in [1.165, 1.54) is 12.1 Å². The molecule has 0 amide bonds. The summed E-state index contributed by atoms with van der Waals surface area (Å²) >= 11 is 3.29. The lowest BCUT2D eigenvalue weighted by atomic mass is 10.0. The SMILES string of the molecule is CCCCC(O)Cc1ccc(F)cc1Br. The van der Waals surface area contributed by atoms with Gasteiger partial charge in [0.1, 0.15) is 5.82 Å². The first-order valence-electron chi connectivity index (χ1n) is 5.25. The minimum absolute atomic E-state index is 0.256. The molecule has 1 rings (SSSR count). The molecular weight excluding hydrogens is 259 g/mol. The smallest absolute Gasteiger partial charge is 0.124 e. The van der Waals surface area contributed by atoms with Crippen LogP contribution in [0.2, 0.25) is 0 Å². The standard InChI is InChI=1S/C12H16BrFO/c1-2-3-4-11(15)7-9-5-6-10(14)8-12(9)13/h5-6,8,11,15H,2-4,7H2,1H3. The van der Waals surface area contributed by atoms with Gasteiger partial charge in [-0.15, -0.1) is 0 Å². The minimum atomic E-state index is -0.327. The first kappa shape index (κ1) is 12.7. The Bertz CT molecular complexity index is 314. The molecule has 15 heavy (non-hydrogen) atoms. The summed E-state index contributed by atoms with van der Waals surface area (Å²) in [5.41, 5.74) is 0.958. The van der Waals surface area contributed by atoms with Gasteiger partial charge in [0.05, 0.1) is 6.10 Å². The van der Waals surface area contributed by atoms with Crippen molar-refractivity contribution in [3.8, 4) is 0 Å². The molecule has 0 aliphatic carbocycles. The van der Waals surface area contributed by atoms with Crippen molar-refractivity contribution in [2.24, 2.45) is 0 Å². The molecule has 0 aromatic heterocycles. The molecule has 0 aliphatic heterocycles. The molecule has 1 aromatic carbocycles. The summed E-state index contributed by atoms with van der Waals surface area (Å²) in [4.78, 5) is 0. The Labute approximate surface area is 98.4 Å². The summed E-state index contributed by atoms with van der Waals surface area (Å²) in [6, 6.07) is 4.57. The van der Waals surface area contributed by atoms with Gasteiger partial charge in [-0.25, -0.2) is 4.39 Å². The zero-order valence-electron chi connectivity index (χ0n) is 8.84. The van der Waals surface area contributed by atoms with Gasteiger partial charge in [0.2, 0.25) is 0 Å². The van der Waals surface area contributed by atoms with Gasteiger partial charge >= 0.3 is 0 Å². The highest BCUT2D eigenvalue weighted by atomic mass is 79.9. The first-order chi connectivity index (χ1) is 7.13. The van der Waals surface area contributed by atoms with Crippen LogP contribution in [-0.2, 0) is 6.42 Å². The van der Waals surface area contributed by atoms with Crippen molar-refractivity contribution in [3.63, 3.8) is 0 Å². The molecule has 1 N–H and O–H groups in total. The van der Waals surface area contributed by atoms with E-state index in [1.54, 1.807) is 6.07 Å². The Morgan fingerprint density at radius 1 is 1.47 bits per heavy atom. The Kier molecular flexibility index (Phi) is 5.26. The summed E-state index contributed by atoms with van der Waals surface area (Å²) in [5.74, 6) is -0.256. The third kappa shape index (κ3) is 4.31. The lowest BCUT2D eigenvalue weighted by molar-refractivity contribution is 0.161. The van der Waals surface area contributed by atoms with E-state index in [9.17, 15) is 9.50 Å². The average molecular weight is 275 g/mol. The van der Waals surface area contributed by atoms with Gasteiger partial charge in [-0.2, -0.15) is 0 Å². The molecule has 1 nitrogen and oxygen atoms in total. The average Bonchev–Trinajstić information content (AvgIpc) is 2.19. The molecule has 0 aliphatic rings. The number of aliphatic hydroxyl groups excluding tert-OH is 1. The fourth-order valence-electron chi connectivity index (χ4n) is 1.48. The normalized spacial score (nSPS) is 12.8. The van der Waals surface area contributed by atoms with Crippen LogP contribution in [0.3, 0.4) is 0 Å². The number of unbranched alkanes of at least 4 members (excludes halogenated alkanes) is 1. The van der Waals surface area contributed by atoms with Crippen LogP contribution in [0, 0.1) is 5.82 Å². The van der Waals surface area contributed by atoms with Gasteiger partial charge in [0.25, 0.3) is 0 Å². The molecule has 0 spiro atoms. The quantitative estimate of drug-likeness (QED) is 0.869. The van der Waals surface area contributed by atoms with Gasteiger partial charge in [-0.05, 0) is 30.5 Å². The van der Waals surface area contributed by atoms with Crippen LogP contribution >= 0.6 is 15.9 Å². The van der Waals surface area contributed by atoms with Crippen molar-refractivity contribution >= 4 is 15.9 Å². The predicted molar refractivity (Wildman–Crippen MR) is 63.3 cm³/mol. The topological polar surface area (TPSA) is 20.2 Å². The fraction of sp³-hybridized carbons (Fsp3) is 0.500. The molecule has 0 bridgehead atoms. The summed E-state index contributed by atoms with van der Waals surface area (Å²) in [5, 5.41) is 9.71. The monoisotopic (exact) mass is 274 g/mol.